The van der Waals surface area contributed by atoms with Gasteiger partial charge in [-0.3, -0.25) is 0 Å². The third kappa shape index (κ3) is 1.84. The summed E-state index contributed by atoms with van der Waals surface area (Å²) in [5.41, 5.74) is 3.67. The van der Waals surface area contributed by atoms with Crippen molar-refractivity contribution in [3.63, 3.8) is 0 Å². The van der Waals surface area contributed by atoms with E-state index >= 15 is 0 Å². The highest BCUT2D eigenvalue weighted by Crippen LogP contribution is 2.24. The summed E-state index contributed by atoms with van der Waals surface area (Å²) in [6.45, 7) is 1.94. The lowest BCUT2D eigenvalue weighted by Gasteiger charge is -2.05. The van der Waals surface area contributed by atoms with Gasteiger partial charge in [0.15, 0.2) is 0 Å². The molecule has 1 heterocycles. The van der Waals surface area contributed by atoms with E-state index in [1.807, 2.05) is 31.2 Å². The fourth-order valence-electron chi connectivity index (χ4n) is 2.03. The Hall–Kier alpha value is -2.29. The maximum atomic E-state index is 13.2. The third-order valence-corrected chi connectivity index (χ3v) is 2.99. The number of aryl methyl sites for hydroxylation is 1. The van der Waals surface area contributed by atoms with E-state index in [0.29, 0.717) is 0 Å². The molecule has 2 aromatic carbocycles. The van der Waals surface area contributed by atoms with Crippen LogP contribution in [-0.2, 0) is 0 Å². The van der Waals surface area contributed by atoms with Crippen LogP contribution in [-0.4, -0.2) is 9.97 Å². The Morgan fingerprint density at radius 3 is 2.61 bits per heavy atom. The number of hydrogen-bond donors (Lipinski definition) is 0. The zero-order chi connectivity index (χ0) is 12.5. The standard InChI is InChI=1S/C15H11FN2/c1-10-14-8-12(5-6-15(14)18-9-17-10)11-3-2-4-13(16)7-11/h2-9H,1H3. The minimum Gasteiger partial charge on any atom is -0.241 e. The molecular formula is C15H11FN2. The van der Waals surface area contributed by atoms with Crippen molar-refractivity contribution in [1.82, 2.24) is 9.97 Å². The van der Waals surface area contributed by atoms with Crippen LogP contribution in [0.5, 0.6) is 0 Å². The second kappa shape index (κ2) is 4.18. The van der Waals surface area contributed by atoms with Gasteiger partial charge in [-0.2, -0.15) is 0 Å². The Balaban J connectivity index is 2.22. The highest BCUT2D eigenvalue weighted by Gasteiger charge is 2.03. The molecule has 3 rings (SSSR count). The molecule has 0 radical (unpaired) electrons. The van der Waals surface area contributed by atoms with Gasteiger partial charge in [0.25, 0.3) is 0 Å². The molecule has 0 aliphatic heterocycles. The summed E-state index contributed by atoms with van der Waals surface area (Å²) in [6, 6.07) is 12.5. The van der Waals surface area contributed by atoms with Crippen molar-refractivity contribution in [3.05, 3.63) is 60.3 Å². The summed E-state index contributed by atoms with van der Waals surface area (Å²) in [4.78, 5) is 8.38. The average Bonchev–Trinajstić information content (AvgIpc) is 2.39. The number of benzene rings is 2. The minimum absolute atomic E-state index is 0.228. The van der Waals surface area contributed by atoms with E-state index < -0.39 is 0 Å². The highest BCUT2D eigenvalue weighted by molar-refractivity contribution is 5.85. The summed E-state index contributed by atoms with van der Waals surface area (Å²) in [5.74, 6) is -0.228. The first kappa shape index (κ1) is 10.8. The van der Waals surface area contributed by atoms with Crippen LogP contribution in [0.15, 0.2) is 48.8 Å². The Kier molecular flexibility index (Phi) is 2.52. The fourth-order valence-corrected chi connectivity index (χ4v) is 2.03. The lowest BCUT2D eigenvalue weighted by Crippen LogP contribution is -1.88. The maximum absolute atomic E-state index is 13.2. The summed E-state index contributed by atoms with van der Waals surface area (Å²) in [7, 11) is 0. The second-order valence-electron chi connectivity index (χ2n) is 4.20. The molecule has 88 valence electrons. The van der Waals surface area contributed by atoms with Gasteiger partial charge in [0.05, 0.1) is 5.52 Å². The van der Waals surface area contributed by atoms with Crippen molar-refractivity contribution in [1.29, 1.82) is 0 Å². The average molecular weight is 238 g/mol. The van der Waals surface area contributed by atoms with Crippen LogP contribution >= 0.6 is 0 Å². The number of aromatic nitrogens is 2. The van der Waals surface area contributed by atoms with Gasteiger partial charge in [-0.25, -0.2) is 14.4 Å². The summed E-state index contributed by atoms with van der Waals surface area (Å²) in [5, 5.41) is 0.999. The molecule has 0 aliphatic carbocycles. The van der Waals surface area contributed by atoms with E-state index in [0.717, 1.165) is 27.7 Å². The zero-order valence-electron chi connectivity index (χ0n) is 9.89. The first-order valence-electron chi connectivity index (χ1n) is 5.71. The van der Waals surface area contributed by atoms with Gasteiger partial charge < -0.3 is 0 Å². The Morgan fingerprint density at radius 2 is 1.78 bits per heavy atom. The smallest absolute Gasteiger partial charge is 0.123 e. The molecule has 0 amide bonds. The van der Waals surface area contributed by atoms with Crippen molar-refractivity contribution in [2.24, 2.45) is 0 Å². The van der Waals surface area contributed by atoms with Gasteiger partial charge in [-0.15, -0.1) is 0 Å². The summed E-state index contributed by atoms with van der Waals surface area (Å²) >= 11 is 0. The Bertz CT molecular complexity index is 723. The van der Waals surface area contributed by atoms with Gasteiger partial charge in [-0.05, 0) is 42.3 Å². The molecule has 0 bridgehead atoms. The predicted molar refractivity (Wildman–Crippen MR) is 69.7 cm³/mol. The van der Waals surface area contributed by atoms with E-state index in [9.17, 15) is 4.39 Å². The van der Waals surface area contributed by atoms with Crippen molar-refractivity contribution in [2.75, 3.05) is 0 Å². The molecule has 0 saturated carbocycles. The SMILES string of the molecule is Cc1ncnc2ccc(-c3cccc(F)c3)cc12. The predicted octanol–water partition coefficient (Wildman–Crippen LogP) is 3.74. The van der Waals surface area contributed by atoms with Crippen LogP contribution in [0.2, 0.25) is 0 Å². The van der Waals surface area contributed by atoms with E-state index in [4.69, 9.17) is 0 Å². The van der Waals surface area contributed by atoms with Crippen molar-refractivity contribution in [3.8, 4) is 11.1 Å². The minimum atomic E-state index is -0.228. The molecular weight excluding hydrogens is 227 g/mol. The Labute approximate surface area is 104 Å². The topological polar surface area (TPSA) is 25.8 Å². The molecule has 2 nitrogen and oxygen atoms in total. The molecule has 0 aliphatic rings. The third-order valence-electron chi connectivity index (χ3n) is 2.99. The van der Waals surface area contributed by atoms with Crippen molar-refractivity contribution < 1.29 is 4.39 Å². The van der Waals surface area contributed by atoms with Gasteiger partial charge in [0, 0.05) is 11.1 Å². The molecule has 0 unspecified atom stereocenters. The molecule has 1 aromatic heterocycles. The largest absolute Gasteiger partial charge is 0.241 e. The molecule has 0 atom stereocenters. The van der Waals surface area contributed by atoms with E-state index in [1.54, 1.807) is 12.4 Å². The van der Waals surface area contributed by atoms with Gasteiger partial charge in [0.1, 0.15) is 12.1 Å². The first-order chi connectivity index (χ1) is 8.74. The van der Waals surface area contributed by atoms with Gasteiger partial charge in [-0.1, -0.05) is 18.2 Å². The first-order valence-corrected chi connectivity index (χ1v) is 5.71. The van der Waals surface area contributed by atoms with Crippen LogP contribution in [0.3, 0.4) is 0 Å². The molecule has 18 heavy (non-hydrogen) atoms. The van der Waals surface area contributed by atoms with Gasteiger partial charge in [0.2, 0.25) is 0 Å². The molecule has 3 heteroatoms. The molecule has 0 fully saturated rings. The summed E-state index contributed by atoms with van der Waals surface area (Å²) < 4.78 is 13.2. The molecule has 3 aromatic rings. The van der Waals surface area contributed by atoms with Crippen LogP contribution in [0, 0.1) is 12.7 Å². The normalized spacial score (nSPS) is 10.8. The number of nitrogens with zero attached hydrogens (tertiary/aromatic N) is 2. The number of rotatable bonds is 1. The number of hydrogen-bond acceptors (Lipinski definition) is 2. The number of fused-ring (bicyclic) bond motifs is 1. The van der Waals surface area contributed by atoms with E-state index in [2.05, 4.69) is 9.97 Å². The summed E-state index contributed by atoms with van der Waals surface area (Å²) in [6.07, 6.45) is 1.56. The van der Waals surface area contributed by atoms with E-state index in [-0.39, 0.29) is 5.82 Å². The molecule has 0 saturated heterocycles. The van der Waals surface area contributed by atoms with Crippen LogP contribution in [0.1, 0.15) is 5.69 Å². The van der Waals surface area contributed by atoms with Crippen LogP contribution < -0.4 is 0 Å². The second-order valence-corrected chi connectivity index (χ2v) is 4.20. The van der Waals surface area contributed by atoms with Crippen LogP contribution in [0.25, 0.3) is 22.0 Å². The van der Waals surface area contributed by atoms with E-state index in [1.165, 1.54) is 12.1 Å². The van der Waals surface area contributed by atoms with Crippen molar-refractivity contribution >= 4 is 10.9 Å². The lowest BCUT2D eigenvalue weighted by atomic mass is 10.0. The lowest BCUT2D eigenvalue weighted by molar-refractivity contribution is 0.628. The molecule has 0 N–H and O–H groups in total. The fraction of sp³-hybridized carbons (Fsp3) is 0.0667. The molecule has 0 spiro atoms. The highest BCUT2D eigenvalue weighted by atomic mass is 19.1. The zero-order valence-corrected chi connectivity index (χ0v) is 9.89. The maximum Gasteiger partial charge on any atom is 0.123 e. The van der Waals surface area contributed by atoms with Crippen LogP contribution in [0.4, 0.5) is 4.39 Å². The number of halogens is 1. The van der Waals surface area contributed by atoms with Crippen molar-refractivity contribution in [2.45, 2.75) is 6.92 Å². The van der Waals surface area contributed by atoms with Gasteiger partial charge >= 0.3 is 0 Å². The Morgan fingerprint density at radius 1 is 0.944 bits per heavy atom. The quantitative estimate of drug-likeness (QED) is 0.645. The monoisotopic (exact) mass is 238 g/mol.